The molecule has 1 aromatic carbocycles. The largest absolute Gasteiger partial charge is 0.391 e. The van der Waals surface area contributed by atoms with Crippen LogP contribution in [0, 0.1) is 6.92 Å². The fourth-order valence-corrected chi connectivity index (χ4v) is 5.76. The molecule has 1 aliphatic rings. The van der Waals surface area contributed by atoms with Crippen molar-refractivity contribution in [3.63, 3.8) is 0 Å². The van der Waals surface area contributed by atoms with Crippen LogP contribution in [0.1, 0.15) is 65.3 Å². The highest BCUT2D eigenvalue weighted by atomic mass is 32.1. The number of hydrogen-bond acceptors (Lipinski definition) is 7. The van der Waals surface area contributed by atoms with Crippen LogP contribution >= 0.6 is 11.3 Å². The summed E-state index contributed by atoms with van der Waals surface area (Å²) in [5.41, 5.74) is 4.01. The maximum Gasteiger partial charge on any atom is 0.247 e. The number of thiazole rings is 1. The van der Waals surface area contributed by atoms with E-state index >= 15 is 0 Å². The maximum absolute atomic E-state index is 13.7. The van der Waals surface area contributed by atoms with Crippen LogP contribution in [0.5, 0.6) is 0 Å². The fraction of sp³-hybridized carbons (Fsp3) is 0.556. The zero-order chi connectivity index (χ0) is 27.5. The summed E-state index contributed by atoms with van der Waals surface area (Å²) in [4.78, 5) is 45.8. The summed E-state index contributed by atoms with van der Waals surface area (Å²) in [7, 11) is 0. The molecule has 0 spiro atoms. The summed E-state index contributed by atoms with van der Waals surface area (Å²) in [5.74, 6) is -1.08. The number of aromatic nitrogens is 1. The number of aryl methyl sites for hydroxylation is 1. The number of nitrogens with zero attached hydrogens (tertiary/aromatic N) is 2. The molecule has 0 unspecified atom stereocenters. The number of likely N-dealkylation sites (tertiary alicyclic amines) is 1. The van der Waals surface area contributed by atoms with Crippen molar-refractivity contribution >= 4 is 29.1 Å². The summed E-state index contributed by atoms with van der Waals surface area (Å²) < 4.78 is 0. The van der Waals surface area contributed by atoms with Gasteiger partial charge in [-0.25, -0.2) is 4.98 Å². The van der Waals surface area contributed by atoms with Gasteiger partial charge >= 0.3 is 0 Å². The minimum absolute atomic E-state index is 0.0298. The van der Waals surface area contributed by atoms with Crippen LogP contribution < -0.4 is 16.0 Å². The van der Waals surface area contributed by atoms with Crippen molar-refractivity contribution in [2.45, 2.75) is 90.7 Å². The number of carbonyl (C=O) groups excluding carboxylic acids is 3. The Morgan fingerprint density at radius 1 is 1.14 bits per heavy atom. The summed E-state index contributed by atoms with van der Waals surface area (Å²) >= 11 is 1.59. The Kier molecular flexibility index (Phi) is 9.09. The van der Waals surface area contributed by atoms with Crippen LogP contribution in [0.15, 0.2) is 29.8 Å². The minimum atomic E-state index is -0.909. The molecule has 10 heteroatoms. The van der Waals surface area contributed by atoms with Gasteiger partial charge in [0.25, 0.3) is 0 Å². The molecule has 1 aromatic heterocycles. The van der Waals surface area contributed by atoms with Gasteiger partial charge in [-0.2, -0.15) is 0 Å². The molecule has 37 heavy (non-hydrogen) atoms. The summed E-state index contributed by atoms with van der Waals surface area (Å²) in [6.45, 7) is 12.8. The zero-order valence-electron chi connectivity index (χ0n) is 22.7. The molecule has 1 fully saturated rings. The van der Waals surface area contributed by atoms with Gasteiger partial charge in [-0.15, -0.1) is 11.3 Å². The molecular weight excluding hydrogens is 490 g/mol. The predicted molar refractivity (Wildman–Crippen MR) is 145 cm³/mol. The molecule has 0 saturated carbocycles. The monoisotopic (exact) mass is 529 g/mol. The first-order chi connectivity index (χ1) is 17.3. The van der Waals surface area contributed by atoms with Gasteiger partial charge in [-0.3, -0.25) is 14.4 Å². The van der Waals surface area contributed by atoms with Crippen molar-refractivity contribution in [2.24, 2.45) is 0 Å². The molecular formula is C27H39N5O4S. The third-order valence-corrected chi connectivity index (χ3v) is 7.60. The Bertz CT molecular complexity index is 1110. The lowest BCUT2D eigenvalue weighted by atomic mass is 9.91. The van der Waals surface area contributed by atoms with Crippen molar-refractivity contribution < 1.29 is 19.5 Å². The van der Waals surface area contributed by atoms with Gasteiger partial charge in [0.15, 0.2) is 0 Å². The van der Waals surface area contributed by atoms with Crippen molar-refractivity contribution in [3.05, 3.63) is 41.0 Å². The number of carbonyl (C=O) groups is 3. The van der Waals surface area contributed by atoms with Gasteiger partial charge in [0.05, 0.1) is 28.2 Å². The standard InChI is InChI=1S/C27H39N5O4S/c1-15(2)31-27(6,7)24(30-18(5)33)26(36)32-13-21(34)12-22(32)25(35)29-16(3)19-8-10-20(11-9-19)23-17(4)28-14-37-23/h8-11,14-16,21-22,24,31,34H,12-13H2,1-7H3,(H,29,35)(H,30,33)/t16-,21+,22-,24+/m0/s1. The second-order valence-electron chi connectivity index (χ2n) is 10.7. The van der Waals surface area contributed by atoms with Crippen LogP contribution in [-0.4, -0.2) is 69.0 Å². The highest BCUT2D eigenvalue weighted by Gasteiger charge is 2.45. The predicted octanol–water partition coefficient (Wildman–Crippen LogP) is 2.54. The molecule has 0 bridgehead atoms. The molecule has 4 atom stereocenters. The smallest absolute Gasteiger partial charge is 0.247 e. The van der Waals surface area contributed by atoms with E-state index in [0.29, 0.717) is 0 Å². The van der Waals surface area contributed by atoms with E-state index in [9.17, 15) is 19.5 Å². The molecule has 2 heterocycles. The van der Waals surface area contributed by atoms with E-state index < -0.39 is 29.6 Å². The zero-order valence-corrected chi connectivity index (χ0v) is 23.5. The quantitative estimate of drug-likeness (QED) is 0.396. The number of rotatable bonds is 9. The van der Waals surface area contributed by atoms with Gasteiger partial charge in [-0.05, 0) is 38.8 Å². The first-order valence-corrected chi connectivity index (χ1v) is 13.5. The molecule has 1 saturated heterocycles. The van der Waals surface area contributed by atoms with Crippen LogP contribution in [0.3, 0.4) is 0 Å². The lowest BCUT2D eigenvalue weighted by Crippen LogP contribution is -2.65. The molecule has 4 N–H and O–H groups in total. The van der Waals surface area contributed by atoms with E-state index in [1.165, 1.54) is 11.8 Å². The lowest BCUT2D eigenvalue weighted by Gasteiger charge is -2.39. The average Bonchev–Trinajstić information content (AvgIpc) is 3.41. The Morgan fingerprint density at radius 3 is 2.32 bits per heavy atom. The maximum atomic E-state index is 13.7. The highest BCUT2D eigenvalue weighted by molar-refractivity contribution is 7.13. The summed E-state index contributed by atoms with van der Waals surface area (Å²) in [6, 6.07) is 5.98. The summed E-state index contributed by atoms with van der Waals surface area (Å²) in [6.07, 6.45) is -0.685. The first-order valence-electron chi connectivity index (χ1n) is 12.6. The third kappa shape index (κ3) is 6.94. The van der Waals surface area contributed by atoms with Gasteiger partial charge in [-0.1, -0.05) is 38.1 Å². The minimum Gasteiger partial charge on any atom is -0.391 e. The number of nitrogens with one attached hydrogen (secondary N) is 3. The molecule has 2 aromatic rings. The fourth-order valence-electron chi connectivity index (χ4n) is 4.95. The van der Waals surface area contributed by atoms with Gasteiger partial charge in [0, 0.05) is 31.5 Å². The summed E-state index contributed by atoms with van der Waals surface area (Å²) in [5, 5.41) is 19.5. The molecule has 3 rings (SSSR count). The van der Waals surface area contributed by atoms with E-state index in [4.69, 9.17) is 0 Å². The highest BCUT2D eigenvalue weighted by Crippen LogP contribution is 2.29. The Morgan fingerprint density at radius 2 is 1.78 bits per heavy atom. The van der Waals surface area contributed by atoms with Gasteiger partial charge in [0.2, 0.25) is 17.7 Å². The topological polar surface area (TPSA) is 124 Å². The van der Waals surface area contributed by atoms with Crippen LogP contribution in [-0.2, 0) is 14.4 Å². The van der Waals surface area contributed by atoms with Crippen LogP contribution in [0.25, 0.3) is 10.4 Å². The first kappa shape index (κ1) is 28.7. The van der Waals surface area contributed by atoms with E-state index in [0.717, 1.165) is 21.7 Å². The molecule has 9 nitrogen and oxygen atoms in total. The van der Waals surface area contributed by atoms with E-state index in [1.807, 2.05) is 71.3 Å². The Hall–Kier alpha value is -2.82. The second-order valence-corrected chi connectivity index (χ2v) is 11.5. The Labute approximate surface area is 223 Å². The molecule has 1 aliphatic heterocycles. The third-order valence-electron chi connectivity index (χ3n) is 6.62. The molecule has 202 valence electrons. The number of amides is 3. The van der Waals surface area contributed by atoms with E-state index in [2.05, 4.69) is 20.9 Å². The second kappa shape index (κ2) is 11.7. The number of aliphatic hydroxyl groups excluding tert-OH is 1. The lowest BCUT2D eigenvalue weighted by molar-refractivity contribution is -0.143. The normalized spacial score (nSPS) is 19.5. The number of aliphatic hydroxyl groups is 1. The van der Waals surface area contributed by atoms with Crippen LogP contribution in [0.2, 0.25) is 0 Å². The molecule has 0 radical (unpaired) electrons. The van der Waals surface area contributed by atoms with E-state index in [1.54, 1.807) is 11.3 Å². The van der Waals surface area contributed by atoms with Crippen molar-refractivity contribution in [1.82, 2.24) is 25.8 Å². The van der Waals surface area contributed by atoms with Gasteiger partial charge in [0.1, 0.15) is 12.1 Å². The number of hydrogen-bond donors (Lipinski definition) is 4. The van der Waals surface area contributed by atoms with Crippen LogP contribution in [0.4, 0.5) is 0 Å². The van der Waals surface area contributed by atoms with Crippen molar-refractivity contribution in [3.8, 4) is 10.4 Å². The Balaban J connectivity index is 1.75. The molecule has 3 amide bonds. The number of β-amino-alcohol motifs (C(OH)–C–C–N with tert-alkyl or cyclic N) is 1. The van der Waals surface area contributed by atoms with Crippen molar-refractivity contribution in [2.75, 3.05) is 6.54 Å². The van der Waals surface area contributed by atoms with Crippen molar-refractivity contribution in [1.29, 1.82) is 0 Å². The SMILES string of the molecule is CC(=O)N[C@H](C(=O)N1C[C@H](O)C[C@H]1C(=O)N[C@@H](C)c1ccc(-c2scnc2C)cc1)C(C)(C)NC(C)C. The average molecular weight is 530 g/mol. The molecule has 0 aliphatic carbocycles. The van der Waals surface area contributed by atoms with E-state index in [-0.39, 0.29) is 36.9 Å². The number of benzene rings is 1. The van der Waals surface area contributed by atoms with Gasteiger partial charge < -0.3 is 26.0 Å².